The molecule has 106 valence electrons. The van der Waals surface area contributed by atoms with Crippen molar-refractivity contribution in [2.24, 2.45) is 0 Å². The van der Waals surface area contributed by atoms with Gasteiger partial charge in [-0.3, -0.25) is 0 Å². The van der Waals surface area contributed by atoms with Crippen LogP contribution in [-0.4, -0.2) is 15.4 Å². The third-order valence-electron chi connectivity index (χ3n) is 3.67. The number of hydrogen-bond donors (Lipinski definition) is 1. The van der Waals surface area contributed by atoms with Gasteiger partial charge in [-0.2, -0.15) is 0 Å². The quantitative estimate of drug-likeness (QED) is 0.798. The average Bonchev–Trinajstić information content (AvgIpc) is 2.94. The van der Waals surface area contributed by atoms with E-state index in [0.717, 1.165) is 11.1 Å². The normalized spacial score (nSPS) is 11.5. The first-order chi connectivity index (χ1) is 10.2. The van der Waals surface area contributed by atoms with Crippen LogP contribution in [-0.2, 0) is 12.0 Å². The molecule has 4 nitrogen and oxygen atoms in total. The van der Waals surface area contributed by atoms with Crippen molar-refractivity contribution in [3.63, 3.8) is 0 Å². The van der Waals surface area contributed by atoms with E-state index in [9.17, 15) is 5.11 Å². The second kappa shape index (κ2) is 5.50. The standard InChI is InChI=1S/C17H16N2O2/c1-13-16(19-21-18-13)12-17(20,14-8-4-2-5-9-14)15-10-6-3-7-11-15/h2-11,20H,12H2,1H3. The summed E-state index contributed by atoms with van der Waals surface area (Å²) < 4.78 is 4.75. The van der Waals surface area contributed by atoms with E-state index >= 15 is 0 Å². The average molecular weight is 280 g/mol. The summed E-state index contributed by atoms with van der Waals surface area (Å²) in [6.45, 7) is 1.82. The van der Waals surface area contributed by atoms with E-state index in [1.54, 1.807) is 0 Å². The number of rotatable bonds is 4. The maximum Gasteiger partial charge on any atom is 0.120 e. The maximum atomic E-state index is 11.3. The second-order valence-corrected chi connectivity index (χ2v) is 5.07. The zero-order valence-electron chi connectivity index (χ0n) is 11.7. The van der Waals surface area contributed by atoms with Crippen molar-refractivity contribution in [1.82, 2.24) is 10.3 Å². The molecule has 0 spiro atoms. The number of aromatic nitrogens is 2. The van der Waals surface area contributed by atoms with Crippen LogP contribution in [0.3, 0.4) is 0 Å². The molecule has 0 aliphatic heterocycles. The summed E-state index contributed by atoms with van der Waals surface area (Å²) in [5, 5.41) is 19.0. The van der Waals surface area contributed by atoms with Gasteiger partial charge in [0, 0.05) is 6.42 Å². The predicted molar refractivity (Wildman–Crippen MR) is 78.6 cm³/mol. The van der Waals surface area contributed by atoms with Crippen LogP contribution in [0.25, 0.3) is 0 Å². The Bertz CT molecular complexity index is 668. The fraction of sp³-hybridized carbons (Fsp3) is 0.176. The molecule has 0 aliphatic rings. The lowest BCUT2D eigenvalue weighted by atomic mass is 9.82. The SMILES string of the molecule is Cc1nonc1CC(O)(c1ccccc1)c1ccccc1. The number of aliphatic hydroxyl groups is 1. The highest BCUT2D eigenvalue weighted by atomic mass is 16.6. The summed E-state index contributed by atoms with van der Waals surface area (Å²) >= 11 is 0. The van der Waals surface area contributed by atoms with Gasteiger partial charge in [0.25, 0.3) is 0 Å². The largest absolute Gasteiger partial charge is 0.380 e. The van der Waals surface area contributed by atoms with Crippen molar-refractivity contribution in [3.05, 3.63) is 83.2 Å². The van der Waals surface area contributed by atoms with Gasteiger partial charge in [-0.15, -0.1) is 0 Å². The summed E-state index contributed by atoms with van der Waals surface area (Å²) in [6, 6.07) is 19.2. The highest BCUT2D eigenvalue weighted by molar-refractivity contribution is 5.37. The van der Waals surface area contributed by atoms with Gasteiger partial charge < -0.3 is 5.11 Å². The molecule has 1 N–H and O–H groups in total. The van der Waals surface area contributed by atoms with Crippen molar-refractivity contribution in [2.45, 2.75) is 18.9 Å². The molecule has 3 rings (SSSR count). The molecular formula is C17H16N2O2. The molecule has 0 atom stereocenters. The zero-order chi connectivity index (χ0) is 14.7. The van der Waals surface area contributed by atoms with Crippen molar-refractivity contribution in [2.75, 3.05) is 0 Å². The highest BCUT2D eigenvalue weighted by Gasteiger charge is 2.33. The minimum Gasteiger partial charge on any atom is -0.380 e. The van der Waals surface area contributed by atoms with E-state index in [4.69, 9.17) is 4.63 Å². The highest BCUT2D eigenvalue weighted by Crippen LogP contribution is 2.33. The summed E-state index contributed by atoms with van der Waals surface area (Å²) in [5.74, 6) is 0. The maximum absolute atomic E-state index is 11.3. The third kappa shape index (κ3) is 2.58. The number of nitrogens with zero attached hydrogens (tertiary/aromatic N) is 2. The van der Waals surface area contributed by atoms with Gasteiger partial charge in [-0.1, -0.05) is 71.0 Å². The van der Waals surface area contributed by atoms with E-state index in [1.165, 1.54) is 0 Å². The predicted octanol–water partition coefficient (Wildman–Crippen LogP) is 2.86. The monoisotopic (exact) mass is 280 g/mol. The number of benzene rings is 2. The molecule has 0 fully saturated rings. The van der Waals surface area contributed by atoms with Gasteiger partial charge in [0.05, 0.1) is 0 Å². The van der Waals surface area contributed by atoms with Crippen molar-refractivity contribution in [3.8, 4) is 0 Å². The Morgan fingerprint density at radius 1 is 0.905 bits per heavy atom. The van der Waals surface area contributed by atoms with Crippen LogP contribution in [0.4, 0.5) is 0 Å². The third-order valence-corrected chi connectivity index (χ3v) is 3.67. The number of hydrogen-bond acceptors (Lipinski definition) is 4. The van der Waals surface area contributed by atoms with E-state index in [1.807, 2.05) is 67.6 Å². The Morgan fingerprint density at radius 3 is 1.86 bits per heavy atom. The molecular weight excluding hydrogens is 264 g/mol. The van der Waals surface area contributed by atoms with Crippen LogP contribution >= 0.6 is 0 Å². The zero-order valence-corrected chi connectivity index (χ0v) is 11.7. The molecule has 0 saturated heterocycles. The lowest BCUT2D eigenvalue weighted by molar-refractivity contribution is 0.0788. The minimum absolute atomic E-state index is 0.316. The molecule has 0 bridgehead atoms. The number of aryl methyl sites for hydroxylation is 1. The van der Waals surface area contributed by atoms with Gasteiger partial charge in [-0.25, -0.2) is 4.63 Å². The molecule has 0 saturated carbocycles. The van der Waals surface area contributed by atoms with Gasteiger partial charge in [0.1, 0.15) is 17.0 Å². The summed E-state index contributed by atoms with van der Waals surface area (Å²) in [6.07, 6.45) is 0.316. The van der Waals surface area contributed by atoms with Gasteiger partial charge >= 0.3 is 0 Å². The van der Waals surface area contributed by atoms with E-state index in [2.05, 4.69) is 10.3 Å². The van der Waals surface area contributed by atoms with Crippen LogP contribution in [0.15, 0.2) is 65.3 Å². The summed E-state index contributed by atoms with van der Waals surface area (Å²) in [5.41, 5.74) is 1.83. The van der Waals surface area contributed by atoms with Crippen LogP contribution in [0.1, 0.15) is 22.5 Å². The second-order valence-electron chi connectivity index (χ2n) is 5.07. The van der Waals surface area contributed by atoms with Crippen LogP contribution in [0.2, 0.25) is 0 Å². The fourth-order valence-electron chi connectivity index (χ4n) is 2.45. The van der Waals surface area contributed by atoms with Crippen LogP contribution in [0, 0.1) is 6.92 Å². The van der Waals surface area contributed by atoms with Crippen molar-refractivity contribution in [1.29, 1.82) is 0 Å². The van der Waals surface area contributed by atoms with Gasteiger partial charge in [0.15, 0.2) is 0 Å². The molecule has 4 heteroatoms. The van der Waals surface area contributed by atoms with Gasteiger partial charge in [0.2, 0.25) is 0 Å². The van der Waals surface area contributed by atoms with E-state index < -0.39 is 5.60 Å². The van der Waals surface area contributed by atoms with Crippen LogP contribution in [0.5, 0.6) is 0 Å². The lowest BCUT2D eigenvalue weighted by Crippen LogP contribution is -2.30. The lowest BCUT2D eigenvalue weighted by Gasteiger charge is -2.28. The molecule has 1 aromatic heterocycles. The molecule has 1 heterocycles. The van der Waals surface area contributed by atoms with Crippen molar-refractivity contribution < 1.29 is 9.74 Å². The topological polar surface area (TPSA) is 59.2 Å². The Morgan fingerprint density at radius 2 is 1.43 bits per heavy atom. The minimum atomic E-state index is -1.16. The first-order valence-corrected chi connectivity index (χ1v) is 6.81. The molecule has 0 radical (unpaired) electrons. The molecule has 0 unspecified atom stereocenters. The Hall–Kier alpha value is -2.46. The first-order valence-electron chi connectivity index (χ1n) is 6.81. The van der Waals surface area contributed by atoms with Crippen molar-refractivity contribution >= 4 is 0 Å². The van der Waals surface area contributed by atoms with E-state index in [-0.39, 0.29) is 0 Å². The summed E-state index contributed by atoms with van der Waals surface area (Å²) in [7, 11) is 0. The Kier molecular flexibility index (Phi) is 3.54. The Balaban J connectivity index is 2.09. The Labute approximate surface area is 123 Å². The molecule has 0 amide bonds. The molecule has 21 heavy (non-hydrogen) atoms. The molecule has 0 aliphatic carbocycles. The molecule has 2 aromatic carbocycles. The smallest absolute Gasteiger partial charge is 0.120 e. The van der Waals surface area contributed by atoms with E-state index in [0.29, 0.717) is 17.8 Å². The molecule has 3 aromatic rings. The van der Waals surface area contributed by atoms with Gasteiger partial charge in [-0.05, 0) is 18.1 Å². The first kappa shape index (κ1) is 13.5. The van der Waals surface area contributed by atoms with Crippen LogP contribution < -0.4 is 0 Å². The fourth-order valence-corrected chi connectivity index (χ4v) is 2.45. The summed E-state index contributed by atoms with van der Waals surface area (Å²) in [4.78, 5) is 0.